The highest BCUT2D eigenvalue weighted by Crippen LogP contribution is 2.39. The molecule has 0 unspecified atom stereocenters. The Hall–Kier alpha value is -0.160. The van der Waals surface area contributed by atoms with Crippen LogP contribution in [0.25, 0.3) is 0 Å². The lowest BCUT2D eigenvalue weighted by atomic mass is 10.4. The van der Waals surface area contributed by atoms with Crippen molar-refractivity contribution in [3.8, 4) is 0 Å². The van der Waals surface area contributed by atoms with Gasteiger partial charge in [0.05, 0.1) is 5.97 Å². The van der Waals surface area contributed by atoms with Crippen LogP contribution in [0.1, 0.15) is 0 Å². The van der Waals surface area contributed by atoms with E-state index in [1.165, 1.54) is 0 Å². The SMILES string of the molecule is O=C([O-])C(Cl)(Cl)C(F)(F)F. The van der Waals surface area contributed by atoms with E-state index in [9.17, 15) is 23.1 Å². The fourth-order valence-corrected chi connectivity index (χ4v) is 0.116. The lowest BCUT2D eigenvalue weighted by Crippen LogP contribution is -2.49. The summed E-state index contributed by atoms with van der Waals surface area (Å²) in [4.78, 5) is 9.57. The maximum absolute atomic E-state index is 11.4. The van der Waals surface area contributed by atoms with Crippen molar-refractivity contribution < 1.29 is 23.1 Å². The van der Waals surface area contributed by atoms with Crippen LogP contribution in [0, 0.1) is 0 Å². The van der Waals surface area contributed by atoms with Crippen LogP contribution in [0.2, 0.25) is 0 Å². The second-order valence-electron chi connectivity index (χ2n) is 1.36. The molecular weight excluding hydrogens is 196 g/mol. The van der Waals surface area contributed by atoms with E-state index in [0.717, 1.165) is 0 Å². The molecule has 0 atom stereocenters. The van der Waals surface area contributed by atoms with E-state index >= 15 is 0 Å². The second-order valence-corrected chi connectivity index (χ2v) is 2.69. The number of alkyl halides is 5. The Labute approximate surface area is 63.5 Å². The average Bonchev–Trinajstić information content (AvgIpc) is 1.62. The zero-order valence-corrected chi connectivity index (χ0v) is 5.72. The third-order valence-corrected chi connectivity index (χ3v) is 1.35. The van der Waals surface area contributed by atoms with E-state index < -0.39 is 16.5 Å². The third-order valence-electron chi connectivity index (χ3n) is 0.612. The molecule has 0 aromatic carbocycles. The quantitative estimate of drug-likeness (QED) is 0.572. The number of hydrogen-bond acceptors (Lipinski definition) is 2. The van der Waals surface area contributed by atoms with Gasteiger partial charge in [-0.05, 0) is 0 Å². The number of carboxylic acid groups (broad SMARTS) is 1. The molecule has 0 aliphatic rings. The molecule has 2 nitrogen and oxygen atoms in total. The lowest BCUT2D eigenvalue weighted by Gasteiger charge is -2.22. The number of carbonyl (C=O) groups excluding carboxylic acids is 1. The van der Waals surface area contributed by atoms with Gasteiger partial charge in [0.1, 0.15) is 0 Å². The highest BCUT2D eigenvalue weighted by Gasteiger charge is 2.54. The summed E-state index contributed by atoms with van der Waals surface area (Å²) in [6.07, 6.45) is -5.21. The standard InChI is InChI=1S/C3HCl2F3O2/c4-2(5,1(9)10)3(6,7)8/h(H,9,10)/p-1. The molecule has 0 rings (SSSR count). The molecule has 0 heterocycles. The van der Waals surface area contributed by atoms with Gasteiger partial charge in [0.15, 0.2) is 0 Å². The molecule has 0 aliphatic heterocycles. The van der Waals surface area contributed by atoms with Crippen LogP contribution >= 0.6 is 23.2 Å². The summed E-state index contributed by atoms with van der Waals surface area (Å²) >= 11 is 8.65. The first-order chi connectivity index (χ1) is 4.19. The Bertz CT molecular complexity index is 152. The van der Waals surface area contributed by atoms with E-state index in [2.05, 4.69) is 23.2 Å². The number of rotatable bonds is 1. The Morgan fingerprint density at radius 3 is 1.60 bits per heavy atom. The van der Waals surface area contributed by atoms with E-state index in [1.807, 2.05) is 0 Å². The predicted molar refractivity (Wildman–Crippen MR) is 25.5 cm³/mol. The van der Waals surface area contributed by atoms with E-state index in [0.29, 0.717) is 0 Å². The molecular formula is C3Cl2F3O2-. The first-order valence-electron chi connectivity index (χ1n) is 1.85. The Morgan fingerprint density at radius 2 is 1.60 bits per heavy atom. The van der Waals surface area contributed by atoms with Gasteiger partial charge in [-0.15, -0.1) is 0 Å². The molecule has 0 saturated carbocycles. The minimum atomic E-state index is -5.21. The van der Waals surface area contributed by atoms with Crippen LogP contribution in [-0.2, 0) is 4.79 Å². The number of carbonyl (C=O) groups is 1. The minimum absolute atomic E-state index is 2.58. The third kappa shape index (κ3) is 1.67. The summed E-state index contributed by atoms with van der Waals surface area (Å²) < 4.78 is 30.4. The highest BCUT2D eigenvalue weighted by atomic mass is 35.5. The second kappa shape index (κ2) is 2.47. The molecule has 0 aromatic heterocycles. The molecule has 0 bridgehead atoms. The van der Waals surface area contributed by atoms with E-state index in [4.69, 9.17) is 0 Å². The zero-order chi connectivity index (χ0) is 8.58. The maximum atomic E-state index is 11.4. The van der Waals surface area contributed by atoms with Gasteiger partial charge in [0.25, 0.3) is 4.33 Å². The maximum Gasteiger partial charge on any atom is 0.426 e. The Morgan fingerprint density at radius 1 is 1.30 bits per heavy atom. The number of aliphatic carboxylic acids is 1. The molecule has 7 heteroatoms. The summed E-state index contributed by atoms with van der Waals surface area (Å²) in [6, 6.07) is 0. The molecule has 0 N–H and O–H groups in total. The summed E-state index contributed by atoms with van der Waals surface area (Å²) in [5, 5.41) is 9.57. The van der Waals surface area contributed by atoms with Crippen LogP contribution in [0.4, 0.5) is 13.2 Å². The molecule has 0 radical (unpaired) electrons. The van der Waals surface area contributed by atoms with Crippen molar-refractivity contribution in [3.63, 3.8) is 0 Å². The smallest absolute Gasteiger partial charge is 0.426 e. The topological polar surface area (TPSA) is 40.1 Å². The molecule has 0 aliphatic carbocycles. The van der Waals surface area contributed by atoms with Gasteiger partial charge in [-0.3, -0.25) is 0 Å². The monoisotopic (exact) mass is 195 g/mol. The Balaban J connectivity index is 4.57. The molecule has 0 saturated heterocycles. The minimum Gasteiger partial charge on any atom is -0.547 e. The summed E-state index contributed by atoms with van der Waals surface area (Å²) in [7, 11) is 0. The number of halogens is 5. The largest absolute Gasteiger partial charge is 0.547 e. The summed E-state index contributed by atoms with van der Waals surface area (Å²) in [5.41, 5.74) is 0. The van der Waals surface area contributed by atoms with Crippen molar-refractivity contribution in [1.29, 1.82) is 0 Å². The van der Waals surface area contributed by atoms with Gasteiger partial charge in [-0.1, -0.05) is 23.2 Å². The first-order valence-corrected chi connectivity index (χ1v) is 2.61. The van der Waals surface area contributed by atoms with Crippen LogP contribution in [0.5, 0.6) is 0 Å². The molecule has 0 spiro atoms. The van der Waals surface area contributed by atoms with Crippen molar-refractivity contribution in [2.45, 2.75) is 10.5 Å². The fourth-order valence-electron chi connectivity index (χ4n) is 0.116. The van der Waals surface area contributed by atoms with Crippen LogP contribution in [-0.4, -0.2) is 16.5 Å². The van der Waals surface area contributed by atoms with Crippen molar-refractivity contribution >= 4 is 29.2 Å². The number of hydrogen-bond donors (Lipinski definition) is 0. The van der Waals surface area contributed by atoms with Gasteiger partial charge < -0.3 is 9.90 Å². The molecule has 0 fully saturated rings. The normalized spacial score (nSPS) is 13.3. The highest BCUT2D eigenvalue weighted by molar-refractivity contribution is 6.57. The van der Waals surface area contributed by atoms with Gasteiger partial charge in [-0.2, -0.15) is 13.2 Å². The van der Waals surface area contributed by atoms with Gasteiger partial charge in [-0.25, -0.2) is 0 Å². The Kier molecular flexibility index (Phi) is 2.43. The number of carboxylic acids is 1. The van der Waals surface area contributed by atoms with Gasteiger partial charge in [0, 0.05) is 0 Å². The van der Waals surface area contributed by atoms with Crippen LogP contribution < -0.4 is 5.11 Å². The molecule has 60 valence electrons. The van der Waals surface area contributed by atoms with E-state index in [-0.39, 0.29) is 0 Å². The lowest BCUT2D eigenvalue weighted by molar-refractivity contribution is -0.316. The van der Waals surface area contributed by atoms with Gasteiger partial charge >= 0.3 is 6.18 Å². The van der Waals surface area contributed by atoms with Crippen LogP contribution in [0.15, 0.2) is 0 Å². The average molecular weight is 196 g/mol. The molecule has 10 heavy (non-hydrogen) atoms. The predicted octanol–water partition coefficient (Wildman–Crippen LogP) is 0.472. The summed E-state index contributed by atoms with van der Waals surface area (Å²) in [5.74, 6) is -2.58. The first kappa shape index (κ1) is 9.84. The van der Waals surface area contributed by atoms with Crippen molar-refractivity contribution in [2.24, 2.45) is 0 Å². The van der Waals surface area contributed by atoms with Crippen molar-refractivity contribution in [3.05, 3.63) is 0 Å². The zero-order valence-electron chi connectivity index (χ0n) is 4.21. The van der Waals surface area contributed by atoms with Crippen molar-refractivity contribution in [1.82, 2.24) is 0 Å². The molecule has 0 amide bonds. The van der Waals surface area contributed by atoms with E-state index in [1.54, 1.807) is 0 Å². The molecule has 0 aromatic rings. The van der Waals surface area contributed by atoms with Crippen LogP contribution in [0.3, 0.4) is 0 Å². The van der Waals surface area contributed by atoms with Gasteiger partial charge in [0.2, 0.25) is 0 Å². The summed E-state index contributed by atoms with van der Waals surface area (Å²) in [6.45, 7) is 0. The fraction of sp³-hybridized carbons (Fsp3) is 0.667. The van der Waals surface area contributed by atoms with Crippen molar-refractivity contribution in [2.75, 3.05) is 0 Å².